The Bertz CT molecular complexity index is 615. The van der Waals surface area contributed by atoms with Crippen molar-refractivity contribution < 1.29 is 28.6 Å². The molecule has 1 aromatic carbocycles. The number of hydrogen-bond donors (Lipinski definition) is 2. The first-order valence-electron chi connectivity index (χ1n) is 7.29. The lowest BCUT2D eigenvalue weighted by Gasteiger charge is -2.20. The average molecular weight is 338 g/mol. The third-order valence-electron chi connectivity index (χ3n) is 3.17. The molecule has 0 bridgehead atoms. The number of amides is 3. The standard InChI is InChI=1S/C16H22N2O6/c1-9(2)14(15(20)18-16(17)21)24-13(19)8-10-5-6-11(22-3)12(7-10)23-4/h5-7,9,14H,8H2,1-4H3,(H3,17,18,20,21)/t14-/m0/s1. The number of methoxy groups -OCH3 is 2. The molecule has 3 N–H and O–H groups in total. The smallest absolute Gasteiger partial charge is 0.318 e. The van der Waals surface area contributed by atoms with Crippen LogP contribution in [0.2, 0.25) is 0 Å². The second kappa shape index (κ2) is 8.76. The number of urea groups is 1. The third-order valence-corrected chi connectivity index (χ3v) is 3.17. The van der Waals surface area contributed by atoms with E-state index in [-0.39, 0.29) is 12.3 Å². The Morgan fingerprint density at radius 1 is 1.12 bits per heavy atom. The van der Waals surface area contributed by atoms with Crippen molar-refractivity contribution in [3.8, 4) is 11.5 Å². The van der Waals surface area contributed by atoms with Crippen LogP contribution in [0.4, 0.5) is 4.79 Å². The van der Waals surface area contributed by atoms with Gasteiger partial charge in [-0.05, 0) is 23.6 Å². The van der Waals surface area contributed by atoms with Crippen LogP contribution in [0.1, 0.15) is 19.4 Å². The number of primary amides is 1. The Hall–Kier alpha value is -2.77. The maximum absolute atomic E-state index is 12.1. The van der Waals surface area contributed by atoms with E-state index in [1.54, 1.807) is 32.0 Å². The summed E-state index contributed by atoms with van der Waals surface area (Å²) in [4.78, 5) is 34.7. The van der Waals surface area contributed by atoms with Crippen LogP contribution < -0.4 is 20.5 Å². The molecule has 0 aromatic heterocycles. The summed E-state index contributed by atoms with van der Waals surface area (Å²) in [6.07, 6.45) is -1.17. The van der Waals surface area contributed by atoms with E-state index in [9.17, 15) is 14.4 Å². The number of nitrogens with two attached hydrogens (primary N) is 1. The number of ether oxygens (including phenoxy) is 3. The zero-order chi connectivity index (χ0) is 18.3. The van der Waals surface area contributed by atoms with Gasteiger partial charge in [0.15, 0.2) is 17.6 Å². The molecular formula is C16H22N2O6. The number of carbonyl (C=O) groups excluding carboxylic acids is 3. The lowest BCUT2D eigenvalue weighted by molar-refractivity contribution is -0.157. The summed E-state index contributed by atoms with van der Waals surface area (Å²) in [5.41, 5.74) is 5.54. The fourth-order valence-electron chi connectivity index (χ4n) is 2.03. The number of carbonyl (C=O) groups is 3. The predicted octanol–water partition coefficient (Wildman–Crippen LogP) is 1.01. The summed E-state index contributed by atoms with van der Waals surface area (Å²) < 4.78 is 15.5. The van der Waals surface area contributed by atoms with Gasteiger partial charge in [-0.3, -0.25) is 14.9 Å². The molecule has 0 radical (unpaired) electrons. The molecule has 8 heteroatoms. The second-order valence-electron chi connectivity index (χ2n) is 5.37. The minimum absolute atomic E-state index is 0.0621. The molecule has 0 saturated heterocycles. The molecule has 24 heavy (non-hydrogen) atoms. The van der Waals surface area contributed by atoms with Crippen molar-refractivity contribution >= 4 is 17.9 Å². The van der Waals surface area contributed by atoms with Crippen LogP contribution in [0.5, 0.6) is 11.5 Å². The van der Waals surface area contributed by atoms with E-state index in [4.69, 9.17) is 19.9 Å². The Kier molecular flexibility index (Phi) is 7.03. The summed E-state index contributed by atoms with van der Waals surface area (Å²) >= 11 is 0. The van der Waals surface area contributed by atoms with Gasteiger partial charge in [0.05, 0.1) is 20.6 Å². The van der Waals surface area contributed by atoms with Crippen LogP contribution in [0, 0.1) is 5.92 Å². The molecule has 0 unspecified atom stereocenters. The topological polar surface area (TPSA) is 117 Å². The highest BCUT2D eigenvalue weighted by atomic mass is 16.5. The van der Waals surface area contributed by atoms with Gasteiger partial charge >= 0.3 is 12.0 Å². The monoisotopic (exact) mass is 338 g/mol. The van der Waals surface area contributed by atoms with Gasteiger partial charge in [-0.15, -0.1) is 0 Å². The Labute approximate surface area is 140 Å². The zero-order valence-electron chi connectivity index (χ0n) is 14.1. The molecule has 8 nitrogen and oxygen atoms in total. The van der Waals surface area contributed by atoms with E-state index in [0.717, 1.165) is 0 Å². The van der Waals surface area contributed by atoms with E-state index in [2.05, 4.69) is 0 Å². The number of rotatable bonds is 7. The van der Waals surface area contributed by atoms with Crippen molar-refractivity contribution in [1.29, 1.82) is 0 Å². The molecule has 0 aliphatic heterocycles. The van der Waals surface area contributed by atoms with E-state index in [0.29, 0.717) is 17.1 Å². The van der Waals surface area contributed by atoms with Crippen molar-refractivity contribution in [1.82, 2.24) is 5.32 Å². The maximum atomic E-state index is 12.1. The highest BCUT2D eigenvalue weighted by Crippen LogP contribution is 2.27. The van der Waals surface area contributed by atoms with Crippen molar-refractivity contribution in [3.05, 3.63) is 23.8 Å². The van der Waals surface area contributed by atoms with Crippen molar-refractivity contribution in [2.75, 3.05) is 14.2 Å². The molecule has 0 aliphatic carbocycles. The quantitative estimate of drug-likeness (QED) is 0.717. The van der Waals surface area contributed by atoms with Gasteiger partial charge in [-0.2, -0.15) is 0 Å². The lowest BCUT2D eigenvalue weighted by atomic mass is 10.1. The highest BCUT2D eigenvalue weighted by molar-refractivity contribution is 5.96. The first-order valence-corrected chi connectivity index (χ1v) is 7.29. The van der Waals surface area contributed by atoms with Gasteiger partial charge in [0.2, 0.25) is 0 Å². The molecule has 0 spiro atoms. The Morgan fingerprint density at radius 3 is 2.25 bits per heavy atom. The molecule has 132 valence electrons. The Balaban J connectivity index is 2.79. The van der Waals surface area contributed by atoms with Gasteiger partial charge in [0, 0.05) is 0 Å². The summed E-state index contributed by atoms with van der Waals surface area (Å²) in [5.74, 6) is -0.664. The summed E-state index contributed by atoms with van der Waals surface area (Å²) in [7, 11) is 3.00. The molecule has 1 rings (SSSR count). The number of esters is 1. The van der Waals surface area contributed by atoms with Gasteiger partial charge in [-0.25, -0.2) is 4.79 Å². The fourth-order valence-corrected chi connectivity index (χ4v) is 2.03. The van der Waals surface area contributed by atoms with Gasteiger partial charge < -0.3 is 19.9 Å². The van der Waals surface area contributed by atoms with Gasteiger partial charge in [0.1, 0.15) is 0 Å². The van der Waals surface area contributed by atoms with Crippen LogP contribution in [0.25, 0.3) is 0 Å². The highest BCUT2D eigenvalue weighted by Gasteiger charge is 2.27. The van der Waals surface area contributed by atoms with E-state index in [1.165, 1.54) is 14.2 Å². The molecule has 0 aliphatic rings. The minimum atomic E-state index is -1.11. The summed E-state index contributed by atoms with van der Waals surface area (Å²) in [5, 5.41) is 1.91. The largest absolute Gasteiger partial charge is 0.493 e. The zero-order valence-corrected chi connectivity index (χ0v) is 14.1. The number of imide groups is 1. The number of nitrogens with one attached hydrogen (secondary N) is 1. The molecule has 1 atom stereocenters. The second-order valence-corrected chi connectivity index (χ2v) is 5.37. The predicted molar refractivity (Wildman–Crippen MR) is 85.7 cm³/mol. The first-order chi connectivity index (χ1) is 11.3. The molecule has 0 heterocycles. The first kappa shape index (κ1) is 19.3. The van der Waals surface area contributed by atoms with Gasteiger partial charge in [0.25, 0.3) is 5.91 Å². The summed E-state index contributed by atoms with van der Waals surface area (Å²) in [6, 6.07) is 4.01. The molecule has 3 amide bonds. The maximum Gasteiger partial charge on any atom is 0.318 e. The Morgan fingerprint density at radius 2 is 1.75 bits per heavy atom. The molecule has 1 aromatic rings. The van der Waals surface area contributed by atoms with Crippen LogP contribution in [0.15, 0.2) is 18.2 Å². The van der Waals surface area contributed by atoms with Crippen molar-refractivity contribution in [2.24, 2.45) is 11.7 Å². The van der Waals surface area contributed by atoms with Gasteiger partial charge in [-0.1, -0.05) is 19.9 Å². The molecular weight excluding hydrogens is 316 g/mol. The SMILES string of the molecule is COc1ccc(CC(=O)O[C@H](C(=O)NC(N)=O)C(C)C)cc1OC. The van der Waals surface area contributed by atoms with Crippen LogP contribution in [-0.4, -0.2) is 38.2 Å². The molecule has 0 saturated carbocycles. The fraction of sp³-hybridized carbons (Fsp3) is 0.438. The van der Waals surface area contributed by atoms with Crippen LogP contribution in [0.3, 0.4) is 0 Å². The third kappa shape index (κ3) is 5.45. The van der Waals surface area contributed by atoms with Crippen molar-refractivity contribution in [2.45, 2.75) is 26.4 Å². The number of hydrogen-bond acceptors (Lipinski definition) is 6. The molecule has 0 fully saturated rings. The van der Waals surface area contributed by atoms with E-state index in [1.807, 2.05) is 5.32 Å². The lowest BCUT2D eigenvalue weighted by Crippen LogP contribution is -2.45. The number of benzene rings is 1. The summed E-state index contributed by atoms with van der Waals surface area (Å²) in [6.45, 7) is 3.38. The minimum Gasteiger partial charge on any atom is -0.493 e. The van der Waals surface area contributed by atoms with Crippen molar-refractivity contribution in [3.63, 3.8) is 0 Å². The average Bonchev–Trinajstić information content (AvgIpc) is 2.51. The van der Waals surface area contributed by atoms with E-state index >= 15 is 0 Å². The van der Waals surface area contributed by atoms with Crippen LogP contribution in [-0.2, 0) is 20.7 Å². The normalized spacial score (nSPS) is 11.5. The van der Waals surface area contributed by atoms with Crippen LogP contribution >= 0.6 is 0 Å². The van der Waals surface area contributed by atoms with E-state index < -0.39 is 24.0 Å².